The molecule has 2 rings (SSSR count). The zero-order valence-electron chi connectivity index (χ0n) is 12.4. The number of aryl methyl sites for hydroxylation is 1. The Morgan fingerprint density at radius 3 is 2.24 bits per heavy atom. The average molecular weight is 312 g/mol. The monoisotopic (exact) mass is 312 g/mol. The zero-order chi connectivity index (χ0) is 15.6. The highest BCUT2D eigenvalue weighted by molar-refractivity contribution is 7.90. The smallest absolute Gasteiger partial charge is 0.331 e. The van der Waals surface area contributed by atoms with Gasteiger partial charge in [0.25, 0.3) is 10.0 Å². The van der Waals surface area contributed by atoms with Crippen LogP contribution in [0.3, 0.4) is 0 Å². The number of nitrogens with one attached hydrogen (secondary N) is 1. The number of hydrogen-bond acceptors (Lipinski definition) is 4. The van der Waals surface area contributed by atoms with E-state index in [1.807, 2.05) is 20.8 Å². The lowest BCUT2D eigenvalue weighted by Crippen LogP contribution is -2.52. The molecule has 1 N–H and O–H groups in total. The van der Waals surface area contributed by atoms with Crippen LogP contribution in [-0.4, -0.2) is 44.6 Å². The molecule has 2 amide bonds. The molecule has 0 radical (unpaired) electrons. The normalized spacial score (nSPS) is 22.9. The van der Waals surface area contributed by atoms with E-state index in [9.17, 15) is 13.2 Å². The van der Waals surface area contributed by atoms with Gasteiger partial charge in [-0.25, -0.2) is 17.9 Å². The Morgan fingerprint density at radius 2 is 1.71 bits per heavy atom. The Kier molecular flexibility index (Phi) is 4.53. The van der Waals surface area contributed by atoms with E-state index in [0.717, 1.165) is 5.56 Å². The number of morpholine rings is 1. The predicted molar refractivity (Wildman–Crippen MR) is 78.5 cm³/mol. The van der Waals surface area contributed by atoms with Crippen molar-refractivity contribution in [2.24, 2.45) is 0 Å². The molecule has 1 saturated heterocycles. The van der Waals surface area contributed by atoms with Crippen molar-refractivity contribution in [3.05, 3.63) is 29.8 Å². The highest BCUT2D eigenvalue weighted by atomic mass is 32.2. The first-order chi connectivity index (χ1) is 9.78. The number of ether oxygens (including phenoxy) is 1. The van der Waals surface area contributed by atoms with E-state index in [1.165, 1.54) is 17.0 Å². The number of amides is 2. The van der Waals surface area contributed by atoms with Gasteiger partial charge < -0.3 is 9.64 Å². The lowest BCUT2D eigenvalue weighted by atomic mass is 10.2. The Bertz CT molecular complexity index is 602. The van der Waals surface area contributed by atoms with Gasteiger partial charge in [-0.05, 0) is 32.9 Å². The molecule has 21 heavy (non-hydrogen) atoms. The van der Waals surface area contributed by atoms with Gasteiger partial charge >= 0.3 is 6.03 Å². The average Bonchev–Trinajstić information content (AvgIpc) is 2.37. The number of nitrogens with zero attached hydrogens (tertiary/aromatic N) is 1. The SMILES string of the molecule is Cc1ccc(S(=O)(=O)NC(=O)N2C[C@@H](C)O[C@H](C)C2)cc1. The summed E-state index contributed by atoms with van der Waals surface area (Å²) in [6.07, 6.45) is -0.219. The Labute approximate surface area is 125 Å². The number of carbonyl (C=O) groups is 1. The van der Waals surface area contributed by atoms with Crippen molar-refractivity contribution in [1.29, 1.82) is 0 Å². The third-order valence-corrected chi connectivity index (χ3v) is 4.60. The number of sulfonamides is 1. The fourth-order valence-corrected chi connectivity index (χ4v) is 3.27. The predicted octanol–water partition coefficient (Wildman–Crippen LogP) is 1.50. The van der Waals surface area contributed by atoms with Gasteiger partial charge in [-0.2, -0.15) is 0 Å². The molecular formula is C14H20N2O4S. The summed E-state index contributed by atoms with van der Waals surface area (Å²) < 4.78 is 32.0. The summed E-state index contributed by atoms with van der Waals surface area (Å²) in [6.45, 7) is 6.32. The summed E-state index contributed by atoms with van der Waals surface area (Å²) in [4.78, 5) is 13.7. The maximum Gasteiger partial charge on any atom is 0.331 e. The quantitative estimate of drug-likeness (QED) is 0.898. The molecule has 0 spiro atoms. The third-order valence-electron chi connectivity index (χ3n) is 3.26. The Balaban J connectivity index is 2.09. The second-order valence-electron chi connectivity index (χ2n) is 5.39. The number of carbonyl (C=O) groups excluding carboxylic acids is 1. The summed E-state index contributed by atoms with van der Waals surface area (Å²) in [5.41, 5.74) is 0.955. The zero-order valence-corrected chi connectivity index (χ0v) is 13.2. The molecule has 1 aromatic rings. The summed E-state index contributed by atoms with van der Waals surface area (Å²) >= 11 is 0. The molecular weight excluding hydrogens is 292 g/mol. The van der Waals surface area contributed by atoms with Crippen LogP contribution in [0.4, 0.5) is 4.79 Å². The van der Waals surface area contributed by atoms with E-state index in [2.05, 4.69) is 4.72 Å². The van der Waals surface area contributed by atoms with Crippen LogP contribution in [0.25, 0.3) is 0 Å². The molecule has 0 saturated carbocycles. The molecule has 1 aromatic carbocycles. The Morgan fingerprint density at radius 1 is 1.19 bits per heavy atom. The van der Waals surface area contributed by atoms with E-state index < -0.39 is 16.1 Å². The van der Waals surface area contributed by atoms with Crippen LogP contribution in [0.5, 0.6) is 0 Å². The van der Waals surface area contributed by atoms with Gasteiger partial charge in [0.05, 0.1) is 17.1 Å². The van der Waals surface area contributed by atoms with Gasteiger partial charge in [-0.3, -0.25) is 0 Å². The van der Waals surface area contributed by atoms with Crippen LogP contribution in [0.2, 0.25) is 0 Å². The summed E-state index contributed by atoms with van der Waals surface area (Å²) in [6, 6.07) is 5.73. The van der Waals surface area contributed by atoms with Crippen LogP contribution in [0.15, 0.2) is 29.2 Å². The lowest BCUT2D eigenvalue weighted by Gasteiger charge is -2.35. The lowest BCUT2D eigenvalue weighted by molar-refractivity contribution is -0.0539. The second kappa shape index (κ2) is 6.03. The van der Waals surface area contributed by atoms with Gasteiger partial charge in [0.2, 0.25) is 0 Å². The van der Waals surface area contributed by atoms with Crippen molar-refractivity contribution in [2.45, 2.75) is 37.9 Å². The number of benzene rings is 1. The van der Waals surface area contributed by atoms with Gasteiger partial charge in [-0.15, -0.1) is 0 Å². The fraction of sp³-hybridized carbons (Fsp3) is 0.500. The molecule has 1 heterocycles. The highest BCUT2D eigenvalue weighted by Gasteiger charge is 2.28. The molecule has 0 unspecified atom stereocenters. The van der Waals surface area contributed by atoms with Crippen LogP contribution >= 0.6 is 0 Å². The van der Waals surface area contributed by atoms with E-state index >= 15 is 0 Å². The van der Waals surface area contributed by atoms with Crippen LogP contribution in [0, 0.1) is 6.92 Å². The first-order valence-electron chi connectivity index (χ1n) is 6.82. The minimum Gasteiger partial charge on any atom is -0.372 e. The topological polar surface area (TPSA) is 75.7 Å². The maximum absolute atomic E-state index is 12.2. The van der Waals surface area contributed by atoms with Crippen molar-refractivity contribution in [2.75, 3.05) is 13.1 Å². The van der Waals surface area contributed by atoms with Crippen molar-refractivity contribution >= 4 is 16.1 Å². The molecule has 1 aliphatic heterocycles. The Hall–Kier alpha value is -1.60. The molecule has 116 valence electrons. The first-order valence-corrected chi connectivity index (χ1v) is 8.30. The van der Waals surface area contributed by atoms with Crippen LogP contribution in [-0.2, 0) is 14.8 Å². The van der Waals surface area contributed by atoms with Crippen molar-refractivity contribution in [3.8, 4) is 0 Å². The van der Waals surface area contributed by atoms with Gasteiger partial charge in [0.15, 0.2) is 0 Å². The van der Waals surface area contributed by atoms with Crippen LogP contribution in [0.1, 0.15) is 19.4 Å². The molecule has 6 nitrogen and oxygen atoms in total. The number of urea groups is 1. The summed E-state index contributed by atoms with van der Waals surface area (Å²) in [5.74, 6) is 0. The molecule has 0 aromatic heterocycles. The first kappa shape index (κ1) is 15.8. The van der Waals surface area contributed by atoms with Gasteiger partial charge in [-0.1, -0.05) is 17.7 Å². The number of rotatable bonds is 2. The third kappa shape index (κ3) is 3.95. The maximum atomic E-state index is 12.2. The summed E-state index contributed by atoms with van der Waals surface area (Å²) in [5, 5.41) is 0. The number of hydrogen-bond donors (Lipinski definition) is 1. The molecule has 1 aliphatic rings. The summed E-state index contributed by atoms with van der Waals surface area (Å²) in [7, 11) is -3.84. The standard InChI is InChI=1S/C14H20N2O4S/c1-10-4-6-13(7-5-10)21(18,19)15-14(17)16-8-11(2)20-12(3)9-16/h4-7,11-12H,8-9H2,1-3H3,(H,15,17)/t11-,12-/m1/s1. The van der Waals surface area contributed by atoms with E-state index in [4.69, 9.17) is 4.74 Å². The second-order valence-corrected chi connectivity index (χ2v) is 7.07. The molecule has 7 heteroatoms. The molecule has 0 aliphatic carbocycles. The minimum atomic E-state index is -3.84. The van der Waals surface area contributed by atoms with Gasteiger partial charge in [0, 0.05) is 13.1 Å². The molecule has 1 fully saturated rings. The van der Waals surface area contributed by atoms with Crippen molar-refractivity contribution in [3.63, 3.8) is 0 Å². The van der Waals surface area contributed by atoms with E-state index in [-0.39, 0.29) is 17.1 Å². The van der Waals surface area contributed by atoms with Crippen molar-refractivity contribution < 1.29 is 17.9 Å². The largest absolute Gasteiger partial charge is 0.372 e. The van der Waals surface area contributed by atoms with Crippen LogP contribution < -0.4 is 4.72 Å². The van der Waals surface area contributed by atoms with E-state index in [1.54, 1.807) is 12.1 Å². The fourth-order valence-electron chi connectivity index (χ4n) is 2.30. The van der Waals surface area contributed by atoms with E-state index in [0.29, 0.717) is 13.1 Å². The molecule has 0 bridgehead atoms. The van der Waals surface area contributed by atoms with Crippen molar-refractivity contribution in [1.82, 2.24) is 9.62 Å². The molecule has 2 atom stereocenters. The highest BCUT2D eigenvalue weighted by Crippen LogP contribution is 2.13. The van der Waals surface area contributed by atoms with Gasteiger partial charge in [0.1, 0.15) is 0 Å². The minimum absolute atomic E-state index is 0.0795.